The lowest BCUT2D eigenvalue weighted by atomic mass is 10.1. The lowest BCUT2D eigenvalue weighted by Crippen LogP contribution is -2.27. The first-order valence-electron chi connectivity index (χ1n) is 6.35. The summed E-state index contributed by atoms with van der Waals surface area (Å²) in [7, 11) is 1.60. The van der Waals surface area contributed by atoms with Crippen molar-refractivity contribution >= 4 is 0 Å². The number of nitrogens with one attached hydrogen (secondary N) is 1. The molecule has 1 aromatic heterocycles. The molecule has 2 aromatic rings. The standard InChI is InChI=1S/C15H17F2NO2/c1-10(11-5-6-12(16)13(17)8-11)18-14(9-19-2)15-4-3-7-20-15/h3-8,10,14,18H,9H2,1-2H3/t10-,14-/m0/s1. The highest BCUT2D eigenvalue weighted by Gasteiger charge is 2.18. The van der Waals surface area contributed by atoms with E-state index < -0.39 is 11.6 Å². The van der Waals surface area contributed by atoms with Gasteiger partial charge in [0, 0.05) is 13.2 Å². The van der Waals surface area contributed by atoms with E-state index in [-0.39, 0.29) is 12.1 Å². The minimum Gasteiger partial charge on any atom is -0.468 e. The molecule has 3 nitrogen and oxygen atoms in total. The Labute approximate surface area is 116 Å². The Bertz CT molecular complexity index is 543. The molecule has 2 atom stereocenters. The summed E-state index contributed by atoms with van der Waals surface area (Å²) >= 11 is 0. The van der Waals surface area contributed by atoms with Gasteiger partial charge in [-0.3, -0.25) is 5.32 Å². The number of halogens is 2. The molecule has 0 aliphatic rings. The summed E-state index contributed by atoms with van der Waals surface area (Å²) in [6.07, 6.45) is 1.59. The maximum Gasteiger partial charge on any atom is 0.159 e. The number of methoxy groups -OCH3 is 1. The van der Waals surface area contributed by atoms with Crippen LogP contribution in [0.2, 0.25) is 0 Å². The molecule has 0 spiro atoms. The van der Waals surface area contributed by atoms with Crippen molar-refractivity contribution < 1.29 is 17.9 Å². The van der Waals surface area contributed by atoms with Gasteiger partial charge in [0.15, 0.2) is 11.6 Å². The van der Waals surface area contributed by atoms with E-state index in [4.69, 9.17) is 9.15 Å². The number of hydrogen-bond donors (Lipinski definition) is 1. The minimum absolute atomic E-state index is 0.155. The molecule has 0 aliphatic heterocycles. The summed E-state index contributed by atoms with van der Waals surface area (Å²) in [5.41, 5.74) is 0.663. The van der Waals surface area contributed by atoms with Crippen molar-refractivity contribution in [1.29, 1.82) is 0 Å². The summed E-state index contributed by atoms with van der Waals surface area (Å²) in [6.45, 7) is 2.29. The highest BCUT2D eigenvalue weighted by Crippen LogP contribution is 2.21. The Morgan fingerprint density at radius 3 is 2.65 bits per heavy atom. The Hall–Kier alpha value is -1.72. The third-order valence-electron chi connectivity index (χ3n) is 3.11. The number of hydrogen-bond acceptors (Lipinski definition) is 3. The predicted molar refractivity (Wildman–Crippen MR) is 71.2 cm³/mol. The van der Waals surface area contributed by atoms with Gasteiger partial charge in [0.25, 0.3) is 0 Å². The third kappa shape index (κ3) is 3.43. The molecule has 0 saturated carbocycles. The highest BCUT2D eigenvalue weighted by molar-refractivity contribution is 5.21. The van der Waals surface area contributed by atoms with Crippen molar-refractivity contribution in [2.75, 3.05) is 13.7 Å². The molecule has 108 valence electrons. The second-order valence-electron chi connectivity index (χ2n) is 4.59. The third-order valence-corrected chi connectivity index (χ3v) is 3.11. The molecule has 1 N–H and O–H groups in total. The van der Waals surface area contributed by atoms with E-state index in [1.54, 1.807) is 25.5 Å². The molecule has 20 heavy (non-hydrogen) atoms. The van der Waals surface area contributed by atoms with Crippen molar-refractivity contribution in [3.05, 3.63) is 59.6 Å². The summed E-state index contributed by atoms with van der Waals surface area (Å²) in [5.74, 6) is -0.959. The number of furan rings is 1. The topological polar surface area (TPSA) is 34.4 Å². The fraction of sp³-hybridized carbons (Fsp3) is 0.333. The van der Waals surface area contributed by atoms with Gasteiger partial charge in [0.05, 0.1) is 18.9 Å². The zero-order valence-electron chi connectivity index (χ0n) is 11.4. The zero-order chi connectivity index (χ0) is 14.5. The molecular weight excluding hydrogens is 264 g/mol. The predicted octanol–water partition coefficient (Wildman–Crippen LogP) is 3.60. The van der Waals surface area contributed by atoms with Gasteiger partial charge in [-0.15, -0.1) is 0 Å². The van der Waals surface area contributed by atoms with Crippen molar-refractivity contribution in [2.45, 2.75) is 19.0 Å². The van der Waals surface area contributed by atoms with Crippen molar-refractivity contribution in [3.8, 4) is 0 Å². The first kappa shape index (κ1) is 14.7. The van der Waals surface area contributed by atoms with Crippen LogP contribution in [0.3, 0.4) is 0 Å². The van der Waals surface area contributed by atoms with Gasteiger partial charge in [-0.25, -0.2) is 8.78 Å². The Balaban J connectivity index is 2.11. The van der Waals surface area contributed by atoms with Gasteiger partial charge in [0.1, 0.15) is 5.76 Å². The maximum absolute atomic E-state index is 13.3. The minimum atomic E-state index is -0.850. The molecule has 0 fully saturated rings. The Kier molecular flexibility index (Phi) is 4.87. The van der Waals surface area contributed by atoms with E-state index in [0.717, 1.165) is 11.8 Å². The number of ether oxygens (including phenoxy) is 1. The van der Waals surface area contributed by atoms with Crippen LogP contribution in [-0.2, 0) is 4.74 Å². The van der Waals surface area contributed by atoms with E-state index >= 15 is 0 Å². The molecule has 5 heteroatoms. The van der Waals surface area contributed by atoms with Crippen LogP contribution in [0.4, 0.5) is 8.78 Å². The average molecular weight is 281 g/mol. The van der Waals surface area contributed by atoms with Crippen LogP contribution in [0.1, 0.15) is 30.3 Å². The van der Waals surface area contributed by atoms with Gasteiger partial charge < -0.3 is 9.15 Å². The quantitative estimate of drug-likeness (QED) is 0.878. The van der Waals surface area contributed by atoms with Gasteiger partial charge in [-0.2, -0.15) is 0 Å². The lowest BCUT2D eigenvalue weighted by molar-refractivity contribution is 0.152. The molecule has 1 heterocycles. The van der Waals surface area contributed by atoms with Crippen molar-refractivity contribution in [3.63, 3.8) is 0 Å². The maximum atomic E-state index is 13.3. The number of benzene rings is 1. The van der Waals surface area contributed by atoms with Crippen LogP contribution in [0.15, 0.2) is 41.0 Å². The fourth-order valence-corrected chi connectivity index (χ4v) is 2.05. The SMILES string of the molecule is COC[C@H](N[C@@H](C)c1ccc(F)c(F)c1)c1ccco1. The van der Waals surface area contributed by atoms with E-state index in [9.17, 15) is 8.78 Å². The summed E-state index contributed by atoms with van der Waals surface area (Å²) < 4.78 is 36.7. The van der Waals surface area contributed by atoms with Crippen LogP contribution < -0.4 is 5.32 Å². The Morgan fingerprint density at radius 1 is 1.25 bits per heavy atom. The Morgan fingerprint density at radius 2 is 2.05 bits per heavy atom. The van der Waals surface area contributed by atoms with Gasteiger partial charge in [0.2, 0.25) is 0 Å². The van der Waals surface area contributed by atoms with E-state index in [1.165, 1.54) is 6.07 Å². The molecule has 2 rings (SSSR count). The van der Waals surface area contributed by atoms with Crippen LogP contribution >= 0.6 is 0 Å². The van der Waals surface area contributed by atoms with Crippen LogP contribution in [-0.4, -0.2) is 13.7 Å². The van der Waals surface area contributed by atoms with Crippen molar-refractivity contribution in [1.82, 2.24) is 5.32 Å². The molecule has 0 bridgehead atoms. The summed E-state index contributed by atoms with van der Waals surface area (Å²) in [5, 5.41) is 3.28. The lowest BCUT2D eigenvalue weighted by Gasteiger charge is -2.21. The normalized spacial score (nSPS) is 14.2. The van der Waals surface area contributed by atoms with Gasteiger partial charge >= 0.3 is 0 Å². The monoisotopic (exact) mass is 281 g/mol. The zero-order valence-corrected chi connectivity index (χ0v) is 11.4. The van der Waals surface area contributed by atoms with Crippen molar-refractivity contribution in [2.24, 2.45) is 0 Å². The largest absolute Gasteiger partial charge is 0.468 e. The molecular formula is C15H17F2NO2. The average Bonchev–Trinajstić information content (AvgIpc) is 2.95. The molecule has 0 saturated heterocycles. The summed E-state index contributed by atoms with van der Waals surface area (Å²) in [4.78, 5) is 0. The van der Waals surface area contributed by atoms with Gasteiger partial charge in [-0.05, 0) is 36.8 Å². The van der Waals surface area contributed by atoms with Gasteiger partial charge in [-0.1, -0.05) is 6.07 Å². The second kappa shape index (κ2) is 6.63. The second-order valence-corrected chi connectivity index (χ2v) is 4.59. The molecule has 0 aliphatic carbocycles. The van der Waals surface area contributed by atoms with E-state index in [0.29, 0.717) is 12.2 Å². The molecule has 0 unspecified atom stereocenters. The smallest absolute Gasteiger partial charge is 0.159 e. The highest BCUT2D eigenvalue weighted by atomic mass is 19.2. The van der Waals surface area contributed by atoms with Crippen LogP contribution in [0, 0.1) is 11.6 Å². The van der Waals surface area contributed by atoms with Crippen LogP contribution in [0.5, 0.6) is 0 Å². The first-order valence-corrected chi connectivity index (χ1v) is 6.35. The molecule has 1 aromatic carbocycles. The number of rotatable bonds is 6. The van der Waals surface area contributed by atoms with E-state index in [1.807, 2.05) is 13.0 Å². The molecule has 0 radical (unpaired) electrons. The van der Waals surface area contributed by atoms with E-state index in [2.05, 4.69) is 5.32 Å². The first-order chi connectivity index (χ1) is 9.61. The van der Waals surface area contributed by atoms with Crippen LogP contribution in [0.25, 0.3) is 0 Å². The molecule has 0 amide bonds. The fourth-order valence-electron chi connectivity index (χ4n) is 2.05. The summed E-state index contributed by atoms with van der Waals surface area (Å²) in [6, 6.07) is 7.19.